The molecule has 0 aromatic carbocycles. The van der Waals surface area contributed by atoms with E-state index in [1.807, 2.05) is 40.7 Å². The van der Waals surface area contributed by atoms with Gasteiger partial charge in [-0.05, 0) is 42.8 Å². The molecule has 0 radical (unpaired) electrons. The molecule has 4 nitrogen and oxygen atoms in total. The lowest BCUT2D eigenvalue weighted by molar-refractivity contribution is 0.523. The van der Waals surface area contributed by atoms with Crippen LogP contribution in [0.5, 0.6) is 0 Å². The molecule has 0 atom stereocenters. The maximum absolute atomic E-state index is 12.3. The molecule has 0 fully saturated rings. The van der Waals surface area contributed by atoms with E-state index < -0.39 is 0 Å². The summed E-state index contributed by atoms with van der Waals surface area (Å²) in [6, 6.07) is 6.25. The maximum atomic E-state index is 12.3. The van der Waals surface area contributed by atoms with Crippen LogP contribution in [0.3, 0.4) is 0 Å². The number of aromatic nitrogens is 3. The minimum Gasteiger partial charge on any atom is -0.308 e. The first-order chi connectivity index (χ1) is 9.15. The number of thiophene rings is 1. The van der Waals surface area contributed by atoms with Crippen LogP contribution in [0, 0.1) is 0 Å². The van der Waals surface area contributed by atoms with Crippen molar-refractivity contribution in [1.29, 1.82) is 0 Å². The summed E-state index contributed by atoms with van der Waals surface area (Å²) in [6.45, 7) is 4.69. The monoisotopic (exact) mass is 273 g/mol. The highest BCUT2D eigenvalue weighted by atomic mass is 32.1. The van der Waals surface area contributed by atoms with Crippen molar-refractivity contribution in [3.63, 3.8) is 0 Å². The Bertz CT molecular complexity index is 766. The maximum Gasteiger partial charge on any atom is 0.268 e. The first kappa shape index (κ1) is 12.2. The van der Waals surface area contributed by atoms with Crippen molar-refractivity contribution >= 4 is 21.4 Å². The Balaban J connectivity index is 1.96. The standard InChI is InChI=1S/C14H15N3OS/c1-10(2)17-7-4-12(15-17)9-16-6-3-11-5-8-19-13(11)14(16)18/h3-8,10H,9H2,1-2H3. The van der Waals surface area contributed by atoms with Gasteiger partial charge in [0.1, 0.15) is 0 Å². The van der Waals surface area contributed by atoms with Crippen molar-refractivity contribution in [2.24, 2.45) is 0 Å². The summed E-state index contributed by atoms with van der Waals surface area (Å²) in [5, 5.41) is 7.44. The van der Waals surface area contributed by atoms with E-state index in [2.05, 4.69) is 18.9 Å². The largest absolute Gasteiger partial charge is 0.308 e. The van der Waals surface area contributed by atoms with Crippen LogP contribution >= 0.6 is 11.3 Å². The molecule has 19 heavy (non-hydrogen) atoms. The minimum atomic E-state index is 0.0617. The Morgan fingerprint density at radius 3 is 2.84 bits per heavy atom. The van der Waals surface area contributed by atoms with Crippen molar-refractivity contribution < 1.29 is 0 Å². The van der Waals surface area contributed by atoms with Gasteiger partial charge in [0.2, 0.25) is 0 Å². The highest BCUT2D eigenvalue weighted by Crippen LogP contribution is 2.16. The Morgan fingerprint density at radius 2 is 2.11 bits per heavy atom. The highest BCUT2D eigenvalue weighted by molar-refractivity contribution is 7.17. The topological polar surface area (TPSA) is 39.8 Å². The lowest BCUT2D eigenvalue weighted by Gasteiger charge is -2.05. The normalized spacial score (nSPS) is 11.5. The van der Waals surface area contributed by atoms with Gasteiger partial charge < -0.3 is 4.57 Å². The van der Waals surface area contributed by atoms with Gasteiger partial charge in [0.15, 0.2) is 0 Å². The van der Waals surface area contributed by atoms with E-state index in [0.29, 0.717) is 12.6 Å². The van der Waals surface area contributed by atoms with E-state index in [4.69, 9.17) is 0 Å². The van der Waals surface area contributed by atoms with Gasteiger partial charge in [-0.3, -0.25) is 9.48 Å². The molecule has 0 bridgehead atoms. The molecule has 0 aliphatic heterocycles. The summed E-state index contributed by atoms with van der Waals surface area (Å²) < 4.78 is 4.43. The average molecular weight is 273 g/mol. The summed E-state index contributed by atoms with van der Waals surface area (Å²) >= 11 is 1.49. The molecule has 0 amide bonds. The van der Waals surface area contributed by atoms with E-state index in [-0.39, 0.29) is 5.56 Å². The molecule has 5 heteroatoms. The first-order valence-corrected chi connectivity index (χ1v) is 7.14. The van der Waals surface area contributed by atoms with E-state index in [1.165, 1.54) is 11.3 Å². The van der Waals surface area contributed by atoms with Crippen LogP contribution in [-0.2, 0) is 6.54 Å². The van der Waals surface area contributed by atoms with Gasteiger partial charge in [0.05, 0.1) is 16.9 Å². The Morgan fingerprint density at radius 1 is 1.26 bits per heavy atom. The van der Waals surface area contributed by atoms with Gasteiger partial charge in [0, 0.05) is 18.4 Å². The van der Waals surface area contributed by atoms with Gasteiger partial charge in [-0.15, -0.1) is 11.3 Å². The fourth-order valence-corrected chi connectivity index (χ4v) is 2.88. The fourth-order valence-electron chi connectivity index (χ4n) is 2.04. The molecule has 0 aliphatic rings. The number of nitrogens with zero attached hydrogens (tertiary/aromatic N) is 3. The molecule has 0 unspecified atom stereocenters. The molecule has 3 rings (SSSR count). The molecule has 3 heterocycles. The van der Waals surface area contributed by atoms with Gasteiger partial charge in [-0.2, -0.15) is 5.10 Å². The SMILES string of the molecule is CC(C)n1ccc(Cn2ccc3ccsc3c2=O)n1. The highest BCUT2D eigenvalue weighted by Gasteiger charge is 2.07. The smallest absolute Gasteiger partial charge is 0.268 e. The Labute approximate surface area is 114 Å². The van der Waals surface area contributed by atoms with Gasteiger partial charge in [-0.1, -0.05) is 0 Å². The van der Waals surface area contributed by atoms with E-state index in [9.17, 15) is 4.79 Å². The van der Waals surface area contributed by atoms with Crippen molar-refractivity contribution in [2.75, 3.05) is 0 Å². The van der Waals surface area contributed by atoms with Crippen LogP contribution in [0.2, 0.25) is 0 Å². The molecule has 0 spiro atoms. The van der Waals surface area contributed by atoms with Gasteiger partial charge >= 0.3 is 0 Å². The zero-order valence-electron chi connectivity index (χ0n) is 10.9. The molecule has 0 saturated carbocycles. The van der Waals surface area contributed by atoms with E-state index >= 15 is 0 Å². The molecular formula is C14H15N3OS. The van der Waals surface area contributed by atoms with Crippen molar-refractivity contribution in [3.05, 3.63) is 52.0 Å². The van der Waals surface area contributed by atoms with Crippen LogP contribution in [0.25, 0.3) is 10.1 Å². The third-order valence-corrected chi connectivity index (χ3v) is 4.03. The van der Waals surface area contributed by atoms with Gasteiger partial charge in [0.25, 0.3) is 5.56 Å². The summed E-state index contributed by atoms with van der Waals surface area (Å²) in [4.78, 5) is 12.3. The molecule has 0 aliphatic carbocycles. The zero-order valence-corrected chi connectivity index (χ0v) is 11.7. The third kappa shape index (κ3) is 2.21. The minimum absolute atomic E-state index is 0.0617. The second kappa shape index (κ2) is 4.66. The molecular weight excluding hydrogens is 258 g/mol. The van der Waals surface area contributed by atoms with Crippen molar-refractivity contribution in [2.45, 2.75) is 26.4 Å². The molecule has 3 aromatic heterocycles. The summed E-state index contributed by atoms with van der Waals surface area (Å²) in [6.07, 6.45) is 3.79. The zero-order chi connectivity index (χ0) is 13.4. The quantitative estimate of drug-likeness (QED) is 0.736. The Kier molecular flexibility index (Phi) is 2.98. The van der Waals surface area contributed by atoms with Crippen LogP contribution < -0.4 is 5.56 Å². The van der Waals surface area contributed by atoms with E-state index in [1.54, 1.807) is 4.57 Å². The van der Waals surface area contributed by atoms with E-state index in [0.717, 1.165) is 15.8 Å². The number of pyridine rings is 1. The predicted octanol–water partition coefficient (Wildman–Crippen LogP) is 2.89. The lowest BCUT2D eigenvalue weighted by Crippen LogP contribution is -2.19. The predicted molar refractivity (Wildman–Crippen MR) is 77.8 cm³/mol. The van der Waals surface area contributed by atoms with Crippen LogP contribution in [0.15, 0.2) is 40.8 Å². The van der Waals surface area contributed by atoms with Gasteiger partial charge in [-0.25, -0.2) is 0 Å². The lowest BCUT2D eigenvalue weighted by atomic mass is 10.3. The molecule has 0 N–H and O–H groups in total. The summed E-state index contributed by atoms with van der Waals surface area (Å²) in [7, 11) is 0. The second-order valence-corrected chi connectivity index (χ2v) is 5.75. The number of rotatable bonds is 3. The van der Waals surface area contributed by atoms with Crippen LogP contribution in [0.1, 0.15) is 25.6 Å². The van der Waals surface area contributed by atoms with Crippen LogP contribution in [0.4, 0.5) is 0 Å². The van der Waals surface area contributed by atoms with Crippen LogP contribution in [-0.4, -0.2) is 14.3 Å². The van der Waals surface area contributed by atoms with Crippen molar-refractivity contribution in [1.82, 2.24) is 14.3 Å². The molecule has 98 valence electrons. The number of hydrogen-bond acceptors (Lipinski definition) is 3. The second-order valence-electron chi connectivity index (χ2n) is 4.83. The van der Waals surface area contributed by atoms with Crippen molar-refractivity contribution in [3.8, 4) is 0 Å². The number of hydrogen-bond donors (Lipinski definition) is 0. The fraction of sp³-hybridized carbons (Fsp3) is 0.286. The summed E-state index contributed by atoms with van der Waals surface area (Å²) in [5.74, 6) is 0. The first-order valence-electron chi connectivity index (χ1n) is 6.26. The third-order valence-electron chi connectivity index (χ3n) is 3.11. The summed E-state index contributed by atoms with van der Waals surface area (Å²) in [5.41, 5.74) is 0.971. The average Bonchev–Trinajstić information content (AvgIpc) is 3.01. The number of fused-ring (bicyclic) bond motifs is 1. The molecule has 0 saturated heterocycles. The Hall–Kier alpha value is -1.88. The molecule has 3 aromatic rings.